The minimum absolute atomic E-state index is 0.103. The van der Waals surface area contributed by atoms with Crippen molar-refractivity contribution in [2.24, 2.45) is 5.92 Å². The molecule has 1 aliphatic carbocycles. The quantitative estimate of drug-likeness (QED) is 0.679. The summed E-state index contributed by atoms with van der Waals surface area (Å²) in [4.78, 5) is 0. The maximum absolute atomic E-state index is 10.1. The molecule has 1 fully saturated rings. The van der Waals surface area contributed by atoms with Crippen LogP contribution in [0.3, 0.4) is 0 Å². The van der Waals surface area contributed by atoms with Gasteiger partial charge in [-0.05, 0) is 24.6 Å². The number of hydrogen-bond acceptors (Lipinski definition) is 5. The van der Waals surface area contributed by atoms with Gasteiger partial charge in [0, 0.05) is 19.6 Å². The van der Waals surface area contributed by atoms with Crippen LogP contribution in [0.5, 0.6) is 0 Å². The number of rotatable bonds is 4. The van der Waals surface area contributed by atoms with Gasteiger partial charge in [0.15, 0.2) is 8.32 Å². The van der Waals surface area contributed by atoms with Crippen molar-refractivity contribution in [3.8, 4) is 0 Å². The van der Waals surface area contributed by atoms with Crippen molar-refractivity contribution in [2.45, 2.75) is 69.7 Å². The van der Waals surface area contributed by atoms with Crippen LogP contribution >= 0.6 is 0 Å². The van der Waals surface area contributed by atoms with Crippen LogP contribution in [0, 0.1) is 5.92 Å². The normalized spacial score (nSPS) is 36.1. The lowest BCUT2D eigenvalue weighted by Crippen LogP contribution is -2.56. The molecule has 1 rings (SSSR count). The van der Waals surface area contributed by atoms with E-state index in [1.807, 2.05) is 0 Å². The molecule has 6 heteroatoms. The highest BCUT2D eigenvalue weighted by atomic mass is 28.4. The molecular weight excluding hydrogens is 276 g/mol. The Morgan fingerprint density at radius 1 is 1.05 bits per heavy atom. The van der Waals surface area contributed by atoms with E-state index in [2.05, 4.69) is 33.9 Å². The predicted octanol–water partition coefficient (Wildman–Crippen LogP) is 1.13. The van der Waals surface area contributed by atoms with Crippen molar-refractivity contribution in [3.05, 3.63) is 0 Å². The molecule has 1 aliphatic rings. The van der Waals surface area contributed by atoms with E-state index in [9.17, 15) is 15.3 Å². The van der Waals surface area contributed by atoms with Crippen LogP contribution in [0.25, 0.3) is 0 Å². The molecule has 3 unspecified atom stereocenters. The van der Waals surface area contributed by atoms with Crippen LogP contribution in [0.15, 0.2) is 0 Å². The largest absolute Gasteiger partial charge is 0.416 e. The summed E-state index contributed by atoms with van der Waals surface area (Å²) in [6.45, 7) is 11.2. The molecule has 1 saturated carbocycles. The first-order valence-electron chi connectivity index (χ1n) is 7.22. The molecule has 3 N–H and O–H groups in total. The summed E-state index contributed by atoms with van der Waals surface area (Å²) >= 11 is 0. The standard InChI is InChI=1S/C14H30O5Si/c1-14(2,3)20(5,6)19-8-9-7-10(18-4)12(16)13(17)11(9)15/h9-13,15-17H,7-8H2,1-6H3/t9?,10-,11+,12?,13?/m1/s1. The second-order valence-electron chi connectivity index (χ2n) is 7.31. The molecule has 0 aromatic rings. The first-order valence-corrected chi connectivity index (χ1v) is 10.1. The van der Waals surface area contributed by atoms with Gasteiger partial charge in [-0.3, -0.25) is 0 Å². The van der Waals surface area contributed by atoms with Gasteiger partial charge in [0.1, 0.15) is 12.2 Å². The van der Waals surface area contributed by atoms with E-state index in [0.717, 1.165) is 0 Å². The maximum Gasteiger partial charge on any atom is 0.191 e. The molecular formula is C14H30O5Si. The van der Waals surface area contributed by atoms with E-state index in [1.165, 1.54) is 7.11 Å². The highest BCUT2D eigenvalue weighted by Gasteiger charge is 2.44. The minimum Gasteiger partial charge on any atom is -0.416 e. The average molecular weight is 306 g/mol. The molecule has 0 aromatic carbocycles. The zero-order valence-corrected chi connectivity index (χ0v) is 14.5. The highest BCUT2D eigenvalue weighted by Crippen LogP contribution is 2.38. The fourth-order valence-electron chi connectivity index (χ4n) is 2.21. The Morgan fingerprint density at radius 3 is 2.05 bits per heavy atom. The number of methoxy groups -OCH3 is 1. The first-order chi connectivity index (χ1) is 9.01. The van der Waals surface area contributed by atoms with Crippen LogP contribution in [-0.4, -0.2) is 61.8 Å². The Morgan fingerprint density at radius 2 is 1.60 bits per heavy atom. The molecule has 120 valence electrons. The Kier molecular flexibility index (Phi) is 5.80. The fourth-order valence-corrected chi connectivity index (χ4v) is 3.28. The summed E-state index contributed by atoms with van der Waals surface area (Å²) in [5.74, 6) is -0.215. The molecule has 5 atom stereocenters. The van der Waals surface area contributed by atoms with Gasteiger partial charge in [0.2, 0.25) is 0 Å². The predicted molar refractivity (Wildman–Crippen MR) is 80.1 cm³/mol. The van der Waals surface area contributed by atoms with Crippen LogP contribution in [-0.2, 0) is 9.16 Å². The van der Waals surface area contributed by atoms with Crippen molar-refractivity contribution in [2.75, 3.05) is 13.7 Å². The molecule has 0 saturated heterocycles. The third-order valence-corrected chi connectivity index (χ3v) is 9.37. The lowest BCUT2D eigenvalue weighted by Gasteiger charge is -2.42. The second kappa shape index (κ2) is 6.42. The molecule has 0 amide bonds. The second-order valence-corrected chi connectivity index (χ2v) is 12.1. The SMILES string of the molecule is CO[C@@H]1CC(CO[Si](C)(C)C(C)(C)C)[C@H](O)C(O)C1O. The van der Waals surface area contributed by atoms with E-state index in [-0.39, 0.29) is 11.0 Å². The van der Waals surface area contributed by atoms with Crippen LogP contribution in [0.2, 0.25) is 18.1 Å². The molecule has 0 aromatic heterocycles. The number of hydrogen-bond donors (Lipinski definition) is 3. The highest BCUT2D eigenvalue weighted by molar-refractivity contribution is 6.74. The monoisotopic (exact) mass is 306 g/mol. The van der Waals surface area contributed by atoms with Gasteiger partial charge in [0.05, 0.1) is 12.2 Å². The van der Waals surface area contributed by atoms with Crippen molar-refractivity contribution >= 4 is 8.32 Å². The van der Waals surface area contributed by atoms with E-state index < -0.39 is 32.7 Å². The molecule has 0 aliphatic heterocycles. The lowest BCUT2D eigenvalue weighted by molar-refractivity contribution is -0.170. The summed E-state index contributed by atoms with van der Waals surface area (Å²) < 4.78 is 11.3. The van der Waals surface area contributed by atoms with Gasteiger partial charge in [-0.1, -0.05) is 20.8 Å². The molecule has 5 nitrogen and oxygen atoms in total. The summed E-state index contributed by atoms with van der Waals surface area (Å²) in [6.07, 6.45) is -3.16. The summed E-state index contributed by atoms with van der Waals surface area (Å²) in [7, 11) is -0.382. The number of ether oxygens (including phenoxy) is 1. The van der Waals surface area contributed by atoms with Gasteiger partial charge in [-0.2, -0.15) is 0 Å². The summed E-state index contributed by atoms with van der Waals surface area (Å²) in [6, 6.07) is 0. The number of aliphatic hydroxyl groups excluding tert-OH is 3. The minimum atomic E-state index is -1.89. The maximum atomic E-state index is 10.1. The zero-order chi connectivity index (χ0) is 15.7. The number of aliphatic hydroxyl groups is 3. The van der Waals surface area contributed by atoms with Crippen molar-refractivity contribution in [1.82, 2.24) is 0 Å². The van der Waals surface area contributed by atoms with Crippen LogP contribution in [0.4, 0.5) is 0 Å². The molecule has 0 spiro atoms. The fraction of sp³-hybridized carbons (Fsp3) is 1.00. The van der Waals surface area contributed by atoms with Crippen LogP contribution in [0.1, 0.15) is 27.2 Å². The van der Waals surface area contributed by atoms with Gasteiger partial charge >= 0.3 is 0 Å². The Hall–Kier alpha value is 0.0169. The molecule has 20 heavy (non-hydrogen) atoms. The third-order valence-electron chi connectivity index (χ3n) is 4.87. The first kappa shape index (κ1) is 18.1. The summed E-state index contributed by atoms with van der Waals surface area (Å²) in [5.41, 5.74) is 0. The van der Waals surface area contributed by atoms with Gasteiger partial charge in [-0.15, -0.1) is 0 Å². The zero-order valence-electron chi connectivity index (χ0n) is 13.5. The van der Waals surface area contributed by atoms with Crippen LogP contribution < -0.4 is 0 Å². The van der Waals surface area contributed by atoms with Gasteiger partial charge in [0.25, 0.3) is 0 Å². The lowest BCUT2D eigenvalue weighted by atomic mass is 9.81. The van der Waals surface area contributed by atoms with Gasteiger partial charge in [-0.25, -0.2) is 0 Å². The Labute approximate surface area is 123 Å². The summed E-state index contributed by atoms with van der Waals surface area (Å²) in [5, 5.41) is 29.9. The van der Waals surface area contributed by atoms with Gasteiger partial charge < -0.3 is 24.5 Å². The van der Waals surface area contributed by atoms with E-state index in [0.29, 0.717) is 13.0 Å². The van der Waals surface area contributed by atoms with E-state index in [1.54, 1.807) is 0 Å². The smallest absolute Gasteiger partial charge is 0.191 e. The average Bonchev–Trinajstić information content (AvgIpc) is 2.34. The topological polar surface area (TPSA) is 79.2 Å². The molecule has 0 radical (unpaired) electrons. The van der Waals surface area contributed by atoms with Crippen molar-refractivity contribution < 1.29 is 24.5 Å². The molecule has 0 heterocycles. The van der Waals surface area contributed by atoms with E-state index in [4.69, 9.17) is 9.16 Å². The Balaban J connectivity index is 2.68. The van der Waals surface area contributed by atoms with E-state index >= 15 is 0 Å². The Bertz CT molecular complexity index is 313. The molecule has 0 bridgehead atoms. The van der Waals surface area contributed by atoms with Crippen molar-refractivity contribution in [1.29, 1.82) is 0 Å². The third kappa shape index (κ3) is 3.81. The van der Waals surface area contributed by atoms with Crippen molar-refractivity contribution in [3.63, 3.8) is 0 Å².